The van der Waals surface area contributed by atoms with Gasteiger partial charge >= 0.3 is 0 Å². The van der Waals surface area contributed by atoms with E-state index in [4.69, 9.17) is 32.2 Å². The molecule has 0 aliphatic carbocycles. The largest absolute Gasteiger partial charge is 0.486 e. The molecule has 0 atom stereocenters. The van der Waals surface area contributed by atoms with E-state index < -0.39 is 5.91 Å². The van der Waals surface area contributed by atoms with E-state index in [1.807, 2.05) is 12.1 Å². The van der Waals surface area contributed by atoms with Gasteiger partial charge in [0.15, 0.2) is 22.9 Å². The summed E-state index contributed by atoms with van der Waals surface area (Å²) in [5.74, 6) is 4.07. The molecule has 0 unspecified atom stereocenters. The summed E-state index contributed by atoms with van der Waals surface area (Å²) in [6.45, 7) is 1.10. The van der Waals surface area contributed by atoms with Crippen LogP contribution in [0.4, 0.5) is 0 Å². The maximum atomic E-state index is 12.3. The molecule has 3 aromatic rings. The topological polar surface area (TPSA) is 62.1 Å². The monoisotopic (exact) mass is 414 g/mol. The van der Waals surface area contributed by atoms with E-state index in [0.717, 1.165) is 10.2 Å². The Hall–Kier alpha value is -2.95. The van der Waals surface area contributed by atoms with Gasteiger partial charge in [-0.3, -0.25) is 4.79 Å². The number of nitrogens with zero attached hydrogens (tertiary/aromatic N) is 2. The maximum Gasteiger partial charge on any atom is 0.286 e. The number of hydrogen-bond donors (Lipinski definition) is 0. The molecule has 0 saturated carbocycles. The molecule has 0 saturated heterocycles. The van der Waals surface area contributed by atoms with Crippen LogP contribution < -0.4 is 19.0 Å². The van der Waals surface area contributed by atoms with E-state index in [0.29, 0.717) is 40.3 Å². The third-order valence-corrected chi connectivity index (χ3v) is 5.29. The minimum Gasteiger partial charge on any atom is -0.486 e. The van der Waals surface area contributed by atoms with Crippen LogP contribution >= 0.6 is 22.9 Å². The van der Waals surface area contributed by atoms with Crippen LogP contribution in [0.15, 0.2) is 41.4 Å². The van der Waals surface area contributed by atoms with Crippen LogP contribution in [-0.2, 0) is 11.3 Å². The van der Waals surface area contributed by atoms with Crippen LogP contribution in [0, 0.1) is 12.3 Å². The minimum absolute atomic E-state index is 0.186. The lowest BCUT2D eigenvalue weighted by Crippen LogP contribution is -2.19. The predicted octanol–water partition coefficient (Wildman–Crippen LogP) is 3.27. The van der Waals surface area contributed by atoms with Crippen LogP contribution in [0.5, 0.6) is 17.2 Å². The molecule has 0 spiro atoms. The first-order valence-electron chi connectivity index (χ1n) is 8.46. The van der Waals surface area contributed by atoms with E-state index in [-0.39, 0.29) is 13.2 Å². The molecule has 8 heteroatoms. The highest BCUT2D eigenvalue weighted by molar-refractivity contribution is 7.16. The fraction of sp³-hybridized carbons (Fsp3) is 0.200. The van der Waals surface area contributed by atoms with Gasteiger partial charge in [-0.2, -0.15) is 4.99 Å². The molecule has 1 aliphatic rings. The van der Waals surface area contributed by atoms with Gasteiger partial charge in [-0.25, -0.2) is 0 Å². The molecule has 1 aliphatic heterocycles. The normalized spacial score (nSPS) is 13.4. The molecule has 6 nitrogen and oxygen atoms in total. The number of carbonyl (C=O) groups is 1. The number of halogens is 1. The average molecular weight is 415 g/mol. The number of carbonyl (C=O) groups excluding carboxylic acids is 1. The Morgan fingerprint density at radius 1 is 1.25 bits per heavy atom. The second-order valence-electron chi connectivity index (χ2n) is 5.89. The molecular formula is C20H15ClN2O4S. The number of terminal acetylenes is 1. The molecule has 0 fully saturated rings. The molecule has 2 heterocycles. The summed E-state index contributed by atoms with van der Waals surface area (Å²) < 4.78 is 19.4. The SMILES string of the molecule is C#CCn1c(=NC(=O)COc2ccc(Cl)cc2)sc2cc3c(cc21)OCCO3. The first kappa shape index (κ1) is 18.4. The highest BCUT2D eigenvalue weighted by Gasteiger charge is 2.16. The minimum atomic E-state index is -0.412. The van der Waals surface area contributed by atoms with Crippen molar-refractivity contribution >= 4 is 39.1 Å². The van der Waals surface area contributed by atoms with Gasteiger partial charge < -0.3 is 18.8 Å². The van der Waals surface area contributed by atoms with Crippen LogP contribution in [0.3, 0.4) is 0 Å². The summed E-state index contributed by atoms with van der Waals surface area (Å²) >= 11 is 7.20. The van der Waals surface area contributed by atoms with Gasteiger partial charge in [0.2, 0.25) is 0 Å². The summed E-state index contributed by atoms with van der Waals surface area (Å²) in [5, 5.41) is 0.597. The fourth-order valence-corrected chi connectivity index (χ4v) is 3.93. The number of benzene rings is 2. The third-order valence-electron chi connectivity index (χ3n) is 3.99. The number of fused-ring (bicyclic) bond motifs is 2. The Balaban J connectivity index is 1.64. The third kappa shape index (κ3) is 3.84. The number of amides is 1. The molecule has 0 bridgehead atoms. The molecule has 2 aromatic carbocycles. The van der Waals surface area contributed by atoms with Gasteiger partial charge in [0.1, 0.15) is 19.0 Å². The predicted molar refractivity (Wildman–Crippen MR) is 107 cm³/mol. The summed E-state index contributed by atoms with van der Waals surface area (Å²) in [6.07, 6.45) is 5.51. The van der Waals surface area contributed by atoms with Crippen molar-refractivity contribution in [2.24, 2.45) is 4.99 Å². The highest BCUT2D eigenvalue weighted by atomic mass is 35.5. The lowest BCUT2D eigenvalue weighted by molar-refractivity contribution is -0.120. The zero-order valence-corrected chi connectivity index (χ0v) is 16.3. The Morgan fingerprint density at radius 2 is 1.96 bits per heavy atom. The Bertz CT molecular complexity index is 1140. The van der Waals surface area contributed by atoms with Crippen LogP contribution in [0.25, 0.3) is 10.2 Å². The van der Waals surface area contributed by atoms with Gasteiger partial charge in [-0.1, -0.05) is 28.9 Å². The fourth-order valence-electron chi connectivity index (χ4n) is 2.75. The van der Waals surface area contributed by atoms with Crippen LogP contribution in [0.1, 0.15) is 0 Å². The van der Waals surface area contributed by atoms with Crippen molar-refractivity contribution in [3.63, 3.8) is 0 Å². The van der Waals surface area contributed by atoms with Crippen LogP contribution in [0.2, 0.25) is 5.02 Å². The first-order valence-corrected chi connectivity index (χ1v) is 9.66. The van der Waals surface area contributed by atoms with E-state index in [2.05, 4.69) is 10.9 Å². The lowest BCUT2D eigenvalue weighted by atomic mass is 10.2. The molecule has 1 amide bonds. The molecule has 0 radical (unpaired) electrons. The smallest absolute Gasteiger partial charge is 0.286 e. The maximum absolute atomic E-state index is 12.3. The van der Waals surface area contributed by atoms with E-state index in [9.17, 15) is 4.79 Å². The zero-order valence-electron chi connectivity index (χ0n) is 14.7. The number of aromatic nitrogens is 1. The summed E-state index contributed by atoms with van der Waals surface area (Å²) in [7, 11) is 0. The summed E-state index contributed by atoms with van der Waals surface area (Å²) in [4.78, 5) is 17.0. The summed E-state index contributed by atoms with van der Waals surface area (Å²) in [5.41, 5.74) is 0.845. The Labute approximate surface area is 169 Å². The van der Waals surface area contributed by atoms with Crippen molar-refractivity contribution in [1.29, 1.82) is 0 Å². The van der Waals surface area contributed by atoms with Gasteiger partial charge in [0, 0.05) is 17.2 Å². The van der Waals surface area contributed by atoms with Gasteiger partial charge in [-0.05, 0) is 24.3 Å². The molecule has 28 heavy (non-hydrogen) atoms. The standard InChI is InChI=1S/C20H15ClN2O4S/c1-2-7-23-15-10-16-17(26-9-8-25-16)11-18(15)28-20(23)22-19(24)12-27-14-5-3-13(21)4-6-14/h1,3-6,10-11H,7-9,12H2. The van der Waals surface area contributed by atoms with Crippen molar-refractivity contribution in [3.8, 4) is 29.6 Å². The van der Waals surface area contributed by atoms with Gasteiger partial charge in [-0.15, -0.1) is 6.42 Å². The van der Waals surface area contributed by atoms with Crippen molar-refractivity contribution in [3.05, 3.63) is 46.2 Å². The van der Waals surface area contributed by atoms with Crippen molar-refractivity contribution in [1.82, 2.24) is 4.57 Å². The summed E-state index contributed by atoms with van der Waals surface area (Å²) in [6, 6.07) is 10.5. The van der Waals surface area contributed by atoms with E-state index in [1.165, 1.54) is 11.3 Å². The molecule has 1 aromatic heterocycles. The number of thiazole rings is 1. The van der Waals surface area contributed by atoms with Crippen LogP contribution in [-0.4, -0.2) is 30.3 Å². The van der Waals surface area contributed by atoms with E-state index >= 15 is 0 Å². The second kappa shape index (κ2) is 7.97. The van der Waals surface area contributed by atoms with Crippen molar-refractivity contribution in [2.45, 2.75) is 6.54 Å². The zero-order chi connectivity index (χ0) is 19.5. The quantitative estimate of drug-likeness (QED) is 0.615. The molecule has 0 N–H and O–H groups in total. The van der Waals surface area contributed by atoms with E-state index in [1.54, 1.807) is 28.8 Å². The number of ether oxygens (including phenoxy) is 3. The molecule has 142 valence electrons. The van der Waals surface area contributed by atoms with Crippen molar-refractivity contribution in [2.75, 3.05) is 19.8 Å². The second-order valence-corrected chi connectivity index (χ2v) is 7.33. The molecular weight excluding hydrogens is 400 g/mol. The Morgan fingerprint density at radius 3 is 2.68 bits per heavy atom. The number of rotatable bonds is 4. The average Bonchev–Trinajstić information content (AvgIpc) is 3.02. The van der Waals surface area contributed by atoms with Gasteiger partial charge in [0.05, 0.1) is 16.8 Å². The van der Waals surface area contributed by atoms with Crippen molar-refractivity contribution < 1.29 is 19.0 Å². The first-order chi connectivity index (χ1) is 13.6. The lowest BCUT2D eigenvalue weighted by Gasteiger charge is -2.18. The number of hydrogen-bond acceptors (Lipinski definition) is 5. The van der Waals surface area contributed by atoms with Gasteiger partial charge in [0.25, 0.3) is 5.91 Å². The molecule has 4 rings (SSSR count). The Kier molecular flexibility index (Phi) is 5.24. The highest BCUT2D eigenvalue weighted by Crippen LogP contribution is 2.35.